The molecule has 2 nitrogen and oxygen atoms in total. The molecule has 0 fully saturated rings. The number of halogens is 1. The van der Waals surface area contributed by atoms with Crippen molar-refractivity contribution < 1.29 is 0 Å². The molecule has 0 saturated carbocycles. The number of nitrogens with zero attached hydrogens (tertiary/aromatic N) is 2. The maximum absolute atomic E-state index is 6.25. The van der Waals surface area contributed by atoms with Gasteiger partial charge in [-0.3, -0.25) is 4.90 Å². The van der Waals surface area contributed by atoms with Crippen molar-refractivity contribution in [1.82, 2.24) is 9.88 Å². The Morgan fingerprint density at radius 3 is 2.57 bits per heavy atom. The average molecular weight is 301 g/mol. The molecule has 0 aliphatic heterocycles. The molecule has 0 aliphatic rings. The molecule has 2 rings (SSSR count). The summed E-state index contributed by atoms with van der Waals surface area (Å²) < 4.78 is 0. The molecule has 1 aromatic carbocycles. The van der Waals surface area contributed by atoms with Crippen LogP contribution in [0.3, 0.4) is 0 Å². The molecule has 0 spiro atoms. The van der Waals surface area contributed by atoms with Crippen molar-refractivity contribution in [2.24, 2.45) is 0 Å². The topological polar surface area (TPSA) is 16.1 Å². The van der Waals surface area contributed by atoms with Gasteiger partial charge in [-0.1, -0.05) is 54.1 Å². The molecule has 0 saturated heterocycles. The second-order valence-electron chi connectivity index (χ2n) is 5.18. The van der Waals surface area contributed by atoms with Crippen LogP contribution in [0.4, 0.5) is 0 Å². The van der Waals surface area contributed by atoms with Crippen LogP contribution < -0.4 is 0 Å². The summed E-state index contributed by atoms with van der Waals surface area (Å²) >= 11 is 6.25. The van der Waals surface area contributed by atoms with Crippen molar-refractivity contribution in [3.63, 3.8) is 0 Å². The Kier molecular flexibility index (Phi) is 5.97. The van der Waals surface area contributed by atoms with Crippen LogP contribution in [-0.4, -0.2) is 16.4 Å². The molecule has 3 heteroatoms. The first-order valence-electron chi connectivity index (χ1n) is 7.18. The maximum atomic E-state index is 6.25. The molecule has 110 valence electrons. The fourth-order valence-corrected chi connectivity index (χ4v) is 2.50. The zero-order valence-corrected chi connectivity index (χ0v) is 13.2. The van der Waals surface area contributed by atoms with E-state index in [0.29, 0.717) is 5.15 Å². The number of pyridine rings is 1. The van der Waals surface area contributed by atoms with Gasteiger partial charge >= 0.3 is 0 Å². The van der Waals surface area contributed by atoms with Gasteiger partial charge in [0, 0.05) is 30.9 Å². The molecule has 21 heavy (non-hydrogen) atoms. The van der Waals surface area contributed by atoms with Gasteiger partial charge in [0.25, 0.3) is 0 Å². The third-order valence-electron chi connectivity index (χ3n) is 3.36. The summed E-state index contributed by atoms with van der Waals surface area (Å²) in [5.41, 5.74) is 3.32. The van der Waals surface area contributed by atoms with E-state index in [9.17, 15) is 0 Å². The Bertz CT molecular complexity index is 581. The summed E-state index contributed by atoms with van der Waals surface area (Å²) in [6.45, 7) is 8.43. The van der Waals surface area contributed by atoms with Crippen molar-refractivity contribution in [1.29, 1.82) is 0 Å². The van der Waals surface area contributed by atoms with Crippen molar-refractivity contribution >= 4 is 11.6 Å². The third kappa shape index (κ3) is 5.00. The van der Waals surface area contributed by atoms with E-state index >= 15 is 0 Å². The lowest BCUT2D eigenvalue weighted by Gasteiger charge is -2.22. The SMILES string of the molecule is C=CCCN(Cc1ccccc1)Cc1ccc(C)nc1Cl. The highest BCUT2D eigenvalue weighted by Gasteiger charge is 2.10. The molecule has 1 heterocycles. The van der Waals surface area contributed by atoms with Gasteiger partial charge in [0.15, 0.2) is 0 Å². The van der Waals surface area contributed by atoms with E-state index < -0.39 is 0 Å². The predicted octanol–water partition coefficient (Wildman–Crippen LogP) is 4.62. The van der Waals surface area contributed by atoms with Gasteiger partial charge in [-0.2, -0.15) is 0 Å². The average Bonchev–Trinajstić information content (AvgIpc) is 2.48. The molecular formula is C18H21ClN2. The highest BCUT2D eigenvalue weighted by molar-refractivity contribution is 6.30. The Morgan fingerprint density at radius 1 is 1.14 bits per heavy atom. The van der Waals surface area contributed by atoms with Gasteiger partial charge in [0.2, 0.25) is 0 Å². The second kappa shape index (κ2) is 7.96. The first-order valence-corrected chi connectivity index (χ1v) is 7.56. The van der Waals surface area contributed by atoms with Gasteiger partial charge in [-0.25, -0.2) is 4.98 Å². The fourth-order valence-electron chi connectivity index (χ4n) is 2.24. The van der Waals surface area contributed by atoms with Crippen LogP contribution in [-0.2, 0) is 13.1 Å². The lowest BCUT2D eigenvalue weighted by atomic mass is 10.2. The van der Waals surface area contributed by atoms with Crippen LogP contribution in [0.1, 0.15) is 23.2 Å². The number of aromatic nitrogens is 1. The molecule has 2 aromatic rings. The maximum Gasteiger partial charge on any atom is 0.133 e. The lowest BCUT2D eigenvalue weighted by molar-refractivity contribution is 0.261. The molecule has 0 aliphatic carbocycles. The molecule has 0 atom stereocenters. The summed E-state index contributed by atoms with van der Waals surface area (Å²) in [6, 6.07) is 14.6. The van der Waals surface area contributed by atoms with Crippen LogP contribution in [0.25, 0.3) is 0 Å². The minimum absolute atomic E-state index is 0.603. The van der Waals surface area contributed by atoms with Crippen LogP contribution in [0.15, 0.2) is 55.1 Å². The highest BCUT2D eigenvalue weighted by Crippen LogP contribution is 2.17. The number of benzene rings is 1. The van der Waals surface area contributed by atoms with E-state index in [2.05, 4.69) is 46.8 Å². The number of hydrogen-bond donors (Lipinski definition) is 0. The molecule has 0 N–H and O–H groups in total. The van der Waals surface area contributed by atoms with Crippen LogP contribution >= 0.6 is 11.6 Å². The zero-order valence-electron chi connectivity index (χ0n) is 12.4. The van der Waals surface area contributed by atoms with Crippen LogP contribution in [0.5, 0.6) is 0 Å². The lowest BCUT2D eigenvalue weighted by Crippen LogP contribution is -2.24. The number of rotatable bonds is 7. The second-order valence-corrected chi connectivity index (χ2v) is 5.53. The van der Waals surface area contributed by atoms with Crippen LogP contribution in [0, 0.1) is 6.92 Å². The minimum atomic E-state index is 0.603. The number of hydrogen-bond acceptors (Lipinski definition) is 2. The summed E-state index contributed by atoms with van der Waals surface area (Å²) in [7, 11) is 0. The molecule has 0 radical (unpaired) electrons. The summed E-state index contributed by atoms with van der Waals surface area (Å²) in [5.74, 6) is 0. The Balaban J connectivity index is 2.10. The zero-order chi connectivity index (χ0) is 15.1. The fraction of sp³-hybridized carbons (Fsp3) is 0.278. The summed E-state index contributed by atoms with van der Waals surface area (Å²) in [4.78, 5) is 6.70. The smallest absolute Gasteiger partial charge is 0.133 e. The van der Waals surface area contributed by atoms with E-state index in [1.165, 1.54) is 5.56 Å². The van der Waals surface area contributed by atoms with E-state index in [4.69, 9.17) is 11.6 Å². The quantitative estimate of drug-likeness (QED) is 0.548. The standard InChI is InChI=1S/C18H21ClN2/c1-3-4-12-21(13-16-8-6-5-7-9-16)14-17-11-10-15(2)20-18(17)19/h3,5-11H,1,4,12-14H2,2H3. The molecule has 1 aromatic heterocycles. The molecule has 0 amide bonds. The Hall–Kier alpha value is -1.64. The molecular weight excluding hydrogens is 280 g/mol. The van der Waals surface area contributed by atoms with E-state index in [1.807, 2.05) is 25.1 Å². The Morgan fingerprint density at radius 2 is 1.90 bits per heavy atom. The van der Waals surface area contributed by atoms with Crippen molar-refractivity contribution in [3.05, 3.63) is 77.1 Å². The highest BCUT2D eigenvalue weighted by atomic mass is 35.5. The van der Waals surface area contributed by atoms with Crippen molar-refractivity contribution in [3.8, 4) is 0 Å². The normalized spacial score (nSPS) is 10.8. The third-order valence-corrected chi connectivity index (χ3v) is 3.68. The minimum Gasteiger partial charge on any atom is -0.294 e. The van der Waals surface area contributed by atoms with Gasteiger partial charge < -0.3 is 0 Å². The largest absolute Gasteiger partial charge is 0.294 e. The van der Waals surface area contributed by atoms with E-state index in [-0.39, 0.29) is 0 Å². The van der Waals surface area contributed by atoms with Gasteiger partial charge in [-0.05, 0) is 25.0 Å². The van der Waals surface area contributed by atoms with Crippen LogP contribution in [0.2, 0.25) is 5.15 Å². The van der Waals surface area contributed by atoms with Gasteiger partial charge in [0.05, 0.1) is 0 Å². The van der Waals surface area contributed by atoms with E-state index in [0.717, 1.165) is 37.3 Å². The van der Waals surface area contributed by atoms with E-state index in [1.54, 1.807) is 0 Å². The number of aryl methyl sites for hydroxylation is 1. The molecule has 0 bridgehead atoms. The van der Waals surface area contributed by atoms with Gasteiger partial charge in [0.1, 0.15) is 5.15 Å². The summed E-state index contributed by atoms with van der Waals surface area (Å²) in [6.07, 6.45) is 2.91. The molecule has 0 unspecified atom stereocenters. The monoisotopic (exact) mass is 300 g/mol. The summed E-state index contributed by atoms with van der Waals surface area (Å²) in [5, 5.41) is 0.603. The first kappa shape index (κ1) is 15.7. The first-order chi connectivity index (χ1) is 10.2. The van der Waals surface area contributed by atoms with Crippen molar-refractivity contribution in [2.45, 2.75) is 26.4 Å². The Labute approximate surface area is 132 Å². The van der Waals surface area contributed by atoms with Crippen molar-refractivity contribution in [2.75, 3.05) is 6.54 Å². The predicted molar refractivity (Wildman–Crippen MR) is 89.4 cm³/mol. The van der Waals surface area contributed by atoms with Gasteiger partial charge in [-0.15, -0.1) is 6.58 Å².